The van der Waals surface area contributed by atoms with Crippen molar-refractivity contribution in [1.29, 1.82) is 0 Å². The quantitative estimate of drug-likeness (QED) is 0.369. The van der Waals surface area contributed by atoms with E-state index in [1.165, 1.54) is 6.08 Å². The maximum absolute atomic E-state index is 12.1. The lowest BCUT2D eigenvalue weighted by molar-refractivity contribution is -0.123. The molecule has 3 rings (SSSR count). The minimum absolute atomic E-state index is 0.0149. The van der Waals surface area contributed by atoms with Crippen molar-refractivity contribution < 1.29 is 28.5 Å². The van der Waals surface area contributed by atoms with Crippen LogP contribution in [0.3, 0.4) is 0 Å². The molecule has 0 saturated carbocycles. The summed E-state index contributed by atoms with van der Waals surface area (Å²) in [5.41, 5.74) is 1.36. The zero-order valence-corrected chi connectivity index (χ0v) is 18.1. The van der Waals surface area contributed by atoms with Gasteiger partial charge < -0.3 is 18.9 Å². The fourth-order valence-corrected chi connectivity index (χ4v) is 3.11. The molecule has 1 saturated heterocycles. The Morgan fingerprint density at radius 3 is 2.26 bits per heavy atom. The summed E-state index contributed by atoms with van der Waals surface area (Å²) in [6, 6.07) is 10.6. The molecule has 0 aromatic heterocycles. The van der Waals surface area contributed by atoms with Gasteiger partial charge in [-0.15, -0.1) is 0 Å². The number of carbonyl (C=O) groups excluding carboxylic acids is 2. The van der Waals surface area contributed by atoms with Crippen LogP contribution >= 0.6 is 12.2 Å². The molecule has 0 spiro atoms. The van der Waals surface area contributed by atoms with Crippen molar-refractivity contribution in [2.75, 3.05) is 20.8 Å². The van der Waals surface area contributed by atoms with Crippen LogP contribution in [-0.2, 0) is 16.2 Å². The van der Waals surface area contributed by atoms with Gasteiger partial charge in [-0.2, -0.15) is 0 Å². The summed E-state index contributed by atoms with van der Waals surface area (Å²) in [6.07, 6.45) is 1.46. The Labute approximate surface area is 185 Å². The number of benzene rings is 2. The van der Waals surface area contributed by atoms with Crippen LogP contribution in [0.25, 0.3) is 6.08 Å². The zero-order chi connectivity index (χ0) is 22.4. The molecular formula is C22H22N2O6S. The van der Waals surface area contributed by atoms with Crippen LogP contribution in [0.4, 0.5) is 0 Å². The van der Waals surface area contributed by atoms with E-state index in [9.17, 15) is 9.59 Å². The minimum Gasteiger partial charge on any atom is -0.497 e. The molecule has 162 valence electrons. The smallest absolute Gasteiger partial charge is 0.263 e. The van der Waals surface area contributed by atoms with Crippen molar-refractivity contribution in [3.8, 4) is 23.0 Å². The highest BCUT2D eigenvalue weighted by Crippen LogP contribution is 2.32. The SMILES string of the molecule is CCOc1cc(C=C2C(=O)NC(=S)NC2=O)ccc1OCc1cc(OC)ccc1OC. The van der Waals surface area contributed by atoms with Crippen LogP contribution in [-0.4, -0.2) is 37.8 Å². The maximum Gasteiger partial charge on any atom is 0.263 e. The first-order valence-electron chi connectivity index (χ1n) is 9.44. The standard InChI is InChI=1S/C22H22N2O6S/c1-4-29-19-10-13(9-16-20(25)23-22(31)24-21(16)26)5-7-18(19)30-12-14-11-15(27-2)6-8-17(14)28-3/h5-11H,4,12H2,1-3H3,(H2,23,24,25,26,31). The fourth-order valence-electron chi connectivity index (χ4n) is 2.93. The van der Waals surface area contributed by atoms with E-state index in [1.807, 2.05) is 19.1 Å². The van der Waals surface area contributed by atoms with Gasteiger partial charge in [-0.05, 0) is 61.1 Å². The van der Waals surface area contributed by atoms with Crippen LogP contribution in [0.2, 0.25) is 0 Å². The zero-order valence-electron chi connectivity index (χ0n) is 17.3. The summed E-state index contributed by atoms with van der Waals surface area (Å²) < 4.78 is 22.3. The van der Waals surface area contributed by atoms with E-state index in [0.29, 0.717) is 35.2 Å². The Kier molecular flexibility index (Phi) is 7.09. The van der Waals surface area contributed by atoms with E-state index in [1.54, 1.807) is 38.5 Å². The lowest BCUT2D eigenvalue weighted by atomic mass is 10.1. The number of ether oxygens (including phenoxy) is 4. The number of hydrogen-bond acceptors (Lipinski definition) is 7. The Hall–Kier alpha value is -3.59. The first-order chi connectivity index (χ1) is 14.9. The highest BCUT2D eigenvalue weighted by molar-refractivity contribution is 7.80. The van der Waals surface area contributed by atoms with Crippen LogP contribution in [0, 0.1) is 0 Å². The van der Waals surface area contributed by atoms with Crippen molar-refractivity contribution in [1.82, 2.24) is 10.6 Å². The Bertz CT molecular complexity index is 1030. The van der Waals surface area contributed by atoms with Crippen molar-refractivity contribution in [2.45, 2.75) is 13.5 Å². The molecular weight excluding hydrogens is 420 g/mol. The monoisotopic (exact) mass is 442 g/mol. The molecule has 2 N–H and O–H groups in total. The number of methoxy groups -OCH3 is 2. The van der Waals surface area contributed by atoms with Gasteiger partial charge >= 0.3 is 0 Å². The third-order valence-corrected chi connectivity index (χ3v) is 4.60. The molecule has 2 aromatic carbocycles. The second-order valence-electron chi connectivity index (χ2n) is 6.40. The summed E-state index contributed by atoms with van der Waals surface area (Å²) in [5, 5.41) is 4.79. The van der Waals surface area contributed by atoms with E-state index in [2.05, 4.69) is 10.6 Å². The molecule has 0 aliphatic carbocycles. The summed E-state index contributed by atoms with van der Waals surface area (Å²) >= 11 is 4.81. The van der Waals surface area contributed by atoms with Crippen LogP contribution in [0.1, 0.15) is 18.1 Å². The van der Waals surface area contributed by atoms with Gasteiger partial charge in [0, 0.05) is 5.56 Å². The summed E-state index contributed by atoms with van der Waals surface area (Å²) in [7, 11) is 3.18. The highest BCUT2D eigenvalue weighted by atomic mass is 32.1. The van der Waals surface area contributed by atoms with Gasteiger partial charge in [0.05, 0.1) is 20.8 Å². The van der Waals surface area contributed by atoms with Crippen LogP contribution in [0.15, 0.2) is 42.0 Å². The number of nitrogens with one attached hydrogen (secondary N) is 2. The molecule has 0 atom stereocenters. The lowest BCUT2D eigenvalue weighted by Gasteiger charge is -2.17. The van der Waals surface area contributed by atoms with Crippen LogP contribution in [0.5, 0.6) is 23.0 Å². The van der Waals surface area contributed by atoms with Crippen molar-refractivity contribution in [3.05, 3.63) is 53.1 Å². The number of thiocarbonyl (C=S) groups is 1. The molecule has 0 radical (unpaired) electrons. The maximum atomic E-state index is 12.1. The molecule has 1 heterocycles. The van der Waals surface area contributed by atoms with Gasteiger partial charge in [-0.3, -0.25) is 20.2 Å². The number of hydrogen-bond donors (Lipinski definition) is 2. The minimum atomic E-state index is -0.558. The molecule has 0 unspecified atom stereocenters. The average molecular weight is 442 g/mol. The summed E-state index contributed by atoms with van der Waals surface area (Å²) in [6.45, 7) is 2.49. The molecule has 9 heteroatoms. The lowest BCUT2D eigenvalue weighted by Crippen LogP contribution is -2.51. The molecule has 2 aromatic rings. The van der Waals surface area contributed by atoms with E-state index in [-0.39, 0.29) is 17.3 Å². The van der Waals surface area contributed by atoms with Crippen molar-refractivity contribution in [3.63, 3.8) is 0 Å². The second kappa shape index (κ2) is 9.94. The third-order valence-electron chi connectivity index (χ3n) is 4.39. The second-order valence-corrected chi connectivity index (χ2v) is 6.81. The number of carbonyl (C=O) groups is 2. The topological polar surface area (TPSA) is 95.1 Å². The fraction of sp³-hybridized carbons (Fsp3) is 0.227. The largest absolute Gasteiger partial charge is 0.497 e. The molecule has 2 amide bonds. The van der Waals surface area contributed by atoms with E-state index in [0.717, 1.165) is 5.56 Å². The first kappa shape index (κ1) is 22.1. The Balaban J connectivity index is 1.84. The number of rotatable bonds is 8. The molecule has 31 heavy (non-hydrogen) atoms. The summed E-state index contributed by atoms with van der Waals surface area (Å²) in [4.78, 5) is 24.1. The van der Waals surface area contributed by atoms with Gasteiger partial charge in [0.2, 0.25) is 0 Å². The normalized spacial score (nSPS) is 13.3. The van der Waals surface area contributed by atoms with E-state index < -0.39 is 11.8 Å². The number of amides is 2. The van der Waals surface area contributed by atoms with Gasteiger partial charge in [0.15, 0.2) is 16.6 Å². The van der Waals surface area contributed by atoms with Crippen molar-refractivity contribution in [2.24, 2.45) is 0 Å². The van der Waals surface area contributed by atoms with E-state index in [4.69, 9.17) is 31.2 Å². The molecule has 1 aliphatic heterocycles. The molecule has 1 fully saturated rings. The molecule has 1 aliphatic rings. The third kappa shape index (κ3) is 5.32. The Morgan fingerprint density at radius 1 is 0.903 bits per heavy atom. The molecule has 8 nitrogen and oxygen atoms in total. The average Bonchev–Trinajstić information content (AvgIpc) is 2.75. The highest BCUT2D eigenvalue weighted by Gasteiger charge is 2.25. The predicted molar refractivity (Wildman–Crippen MR) is 118 cm³/mol. The van der Waals surface area contributed by atoms with Crippen molar-refractivity contribution >= 4 is 35.2 Å². The molecule has 0 bridgehead atoms. The Morgan fingerprint density at radius 2 is 1.61 bits per heavy atom. The predicted octanol–water partition coefficient (Wildman–Crippen LogP) is 2.60. The van der Waals surface area contributed by atoms with Gasteiger partial charge in [0.1, 0.15) is 23.7 Å². The summed E-state index contributed by atoms with van der Waals surface area (Å²) in [5.74, 6) is 1.23. The van der Waals surface area contributed by atoms with Gasteiger partial charge in [-0.25, -0.2) is 0 Å². The van der Waals surface area contributed by atoms with Crippen LogP contribution < -0.4 is 29.6 Å². The first-order valence-corrected chi connectivity index (χ1v) is 9.85. The van der Waals surface area contributed by atoms with E-state index >= 15 is 0 Å². The van der Waals surface area contributed by atoms with Gasteiger partial charge in [0.25, 0.3) is 11.8 Å². The van der Waals surface area contributed by atoms with Gasteiger partial charge in [-0.1, -0.05) is 6.07 Å².